The summed E-state index contributed by atoms with van der Waals surface area (Å²) in [6, 6.07) is 2.01. The van der Waals surface area contributed by atoms with E-state index in [9.17, 15) is 0 Å². The van der Waals surface area contributed by atoms with Crippen LogP contribution in [0.15, 0.2) is 6.07 Å². The van der Waals surface area contributed by atoms with Crippen LogP contribution in [-0.2, 0) is 5.88 Å². The summed E-state index contributed by atoms with van der Waals surface area (Å²) in [5, 5.41) is 0. The van der Waals surface area contributed by atoms with Gasteiger partial charge in [-0.2, -0.15) is 0 Å². The lowest BCUT2D eigenvalue weighted by Gasteiger charge is -2.10. The topological polar surface area (TPSA) is 22.1 Å². The van der Waals surface area contributed by atoms with E-state index in [-0.39, 0.29) is 0 Å². The zero-order valence-corrected chi connectivity index (χ0v) is 8.98. The third-order valence-corrected chi connectivity index (χ3v) is 2.12. The number of aromatic nitrogens is 1. The number of hydrogen-bond acceptors (Lipinski definition) is 2. The SMILES string of the molecule is CCOc1nc(C)cc(C)c1CCl. The van der Waals surface area contributed by atoms with E-state index in [1.165, 1.54) is 0 Å². The van der Waals surface area contributed by atoms with Gasteiger partial charge in [0.25, 0.3) is 0 Å². The second-order valence-electron chi connectivity index (χ2n) is 2.93. The molecule has 0 amide bonds. The van der Waals surface area contributed by atoms with E-state index in [0.29, 0.717) is 18.4 Å². The van der Waals surface area contributed by atoms with Crippen LogP contribution in [0.25, 0.3) is 0 Å². The standard InChI is InChI=1S/C10H14ClNO/c1-4-13-10-9(6-11)7(2)5-8(3)12-10/h5H,4,6H2,1-3H3. The van der Waals surface area contributed by atoms with Crippen LogP contribution in [-0.4, -0.2) is 11.6 Å². The molecule has 0 aliphatic rings. The first-order valence-electron chi connectivity index (χ1n) is 4.35. The van der Waals surface area contributed by atoms with Crippen molar-refractivity contribution in [2.75, 3.05) is 6.61 Å². The summed E-state index contributed by atoms with van der Waals surface area (Å²) < 4.78 is 5.39. The summed E-state index contributed by atoms with van der Waals surface area (Å²) in [5.41, 5.74) is 3.11. The third kappa shape index (κ3) is 2.34. The fourth-order valence-electron chi connectivity index (χ4n) is 1.25. The Bertz CT molecular complexity index is 299. The molecule has 2 nitrogen and oxygen atoms in total. The number of halogens is 1. The molecular formula is C10H14ClNO. The van der Waals surface area contributed by atoms with Crippen LogP contribution in [0.3, 0.4) is 0 Å². The molecule has 0 unspecified atom stereocenters. The number of aryl methyl sites for hydroxylation is 2. The first-order valence-corrected chi connectivity index (χ1v) is 4.88. The molecule has 0 spiro atoms. The Kier molecular flexibility index (Phi) is 3.55. The minimum atomic E-state index is 0.453. The number of hydrogen-bond donors (Lipinski definition) is 0. The van der Waals surface area contributed by atoms with Gasteiger partial charge in [0.1, 0.15) is 0 Å². The molecule has 0 aliphatic heterocycles. The summed E-state index contributed by atoms with van der Waals surface area (Å²) in [6.45, 7) is 6.54. The Hall–Kier alpha value is -0.760. The fraction of sp³-hybridized carbons (Fsp3) is 0.500. The van der Waals surface area contributed by atoms with Gasteiger partial charge in [0.2, 0.25) is 5.88 Å². The van der Waals surface area contributed by atoms with Crippen molar-refractivity contribution in [3.8, 4) is 5.88 Å². The van der Waals surface area contributed by atoms with Crippen LogP contribution >= 0.6 is 11.6 Å². The lowest BCUT2D eigenvalue weighted by atomic mass is 10.1. The minimum absolute atomic E-state index is 0.453. The van der Waals surface area contributed by atoms with Crippen molar-refractivity contribution in [2.45, 2.75) is 26.7 Å². The van der Waals surface area contributed by atoms with Crippen molar-refractivity contribution in [3.63, 3.8) is 0 Å². The molecule has 0 radical (unpaired) electrons. The Morgan fingerprint density at radius 1 is 1.46 bits per heavy atom. The van der Waals surface area contributed by atoms with Gasteiger partial charge >= 0.3 is 0 Å². The highest BCUT2D eigenvalue weighted by atomic mass is 35.5. The molecule has 0 bridgehead atoms. The number of alkyl halides is 1. The maximum absolute atomic E-state index is 5.81. The van der Waals surface area contributed by atoms with Crippen molar-refractivity contribution in [1.82, 2.24) is 4.98 Å². The van der Waals surface area contributed by atoms with Crippen LogP contribution in [0, 0.1) is 13.8 Å². The van der Waals surface area contributed by atoms with E-state index < -0.39 is 0 Å². The maximum atomic E-state index is 5.81. The highest BCUT2D eigenvalue weighted by Crippen LogP contribution is 2.22. The summed E-state index contributed by atoms with van der Waals surface area (Å²) in [4.78, 5) is 4.29. The van der Waals surface area contributed by atoms with Crippen molar-refractivity contribution in [1.29, 1.82) is 0 Å². The molecule has 1 heterocycles. The summed E-state index contributed by atoms with van der Waals surface area (Å²) in [6.07, 6.45) is 0. The van der Waals surface area contributed by atoms with Crippen molar-refractivity contribution < 1.29 is 4.74 Å². The van der Waals surface area contributed by atoms with Crippen LogP contribution in [0.2, 0.25) is 0 Å². The first-order chi connectivity index (χ1) is 6.19. The molecule has 1 aromatic rings. The molecule has 0 saturated carbocycles. The second kappa shape index (κ2) is 4.47. The van der Waals surface area contributed by atoms with Crippen LogP contribution in [0.5, 0.6) is 5.88 Å². The van der Waals surface area contributed by atoms with Gasteiger partial charge in [-0.15, -0.1) is 11.6 Å². The molecule has 0 fully saturated rings. The maximum Gasteiger partial charge on any atom is 0.218 e. The van der Waals surface area contributed by atoms with Gasteiger partial charge < -0.3 is 4.74 Å². The fourth-order valence-corrected chi connectivity index (χ4v) is 1.57. The van der Waals surface area contributed by atoms with Crippen LogP contribution in [0.4, 0.5) is 0 Å². The normalized spacial score (nSPS) is 10.2. The lowest BCUT2D eigenvalue weighted by molar-refractivity contribution is 0.323. The Balaban J connectivity index is 3.13. The largest absolute Gasteiger partial charge is 0.478 e. The highest BCUT2D eigenvalue weighted by Gasteiger charge is 2.07. The molecule has 13 heavy (non-hydrogen) atoms. The third-order valence-electron chi connectivity index (χ3n) is 1.85. The molecule has 3 heteroatoms. The van der Waals surface area contributed by atoms with Gasteiger partial charge in [-0.25, -0.2) is 4.98 Å². The van der Waals surface area contributed by atoms with Crippen LogP contribution < -0.4 is 4.74 Å². The van der Waals surface area contributed by atoms with Gasteiger partial charge in [-0.05, 0) is 32.4 Å². The molecule has 1 rings (SSSR count). The van der Waals surface area contributed by atoms with Crippen molar-refractivity contribution in [2.24, 2.45) is 0 Å². The Morgan fingerprint density at radius 2 is 2.15 bits per heavy atom. The summed E-state index contributed by atoms with van der Waals surface area (Å²) in [7, 11) is 0. The summed E-state index contributed by atoms with van der Waals surface area (Å²) >= 11 is 5.81. The number of rotatable bonds is 3. The lowest BCUT2D eigenvalue weighted by Crippen LogP contribution is -2.01. The average molecular weight is 200 g/mol. The molecule has 0 atom stereocenters. The van der Waals surface area contributed by atoms with Gasteiger partial charge in [-0.1, -0.05) is 0 Å². The number of pyridine rings is 1. The van der Waals surface area contributed by atoms with E-state index in [2.05, 4.69) is 4.98 Å². The van der Waals surface area contributed by atoms with Gasteiger partial charge in [-0.3, -0.25) is 0 Å². The predicted molar refractivity (Wildman–Crippen MR) is 54.4 cm³/mol. The summed E-state index contributed by atoms with van der Waals surface area (Å²) in [5.74, 6) is 1.13. The number of nitrogens with zero attached hydrogens (tertiary/aromatic N) is 1. The van der Waals surface area contributed by atoms with Crippen molar-refractivity contribution in [3.05, 3.63) is 22.9 Å². The smallest absolute Gasteiger partial charge is 0.218 e. The number of ether oxygens (including phenoxy) is 1. The molecule has 1 aromatic heterocycles. The van der Waals surface area contributed by atoms with E-state index >= 15 is 0 Å². The average Bonchev–Trinajstić information content (AvgIpc) is 2.04. The van der Waals surface area contributed by atoms with E-state index in [1.807, 2.05) is 26.8 Å². The van der Waals surface area contributed by atoms with E-state index in [1.54, 1.807) is 0 Å². The van der Waals surface area contributed by atoms with E-state index in [4.69, 9.17) is 16.3 Å². The van der Waals surface area contributed by atoms with E-state index in [0.717, 1.165) is 16.8 Å². The van der Waals surface area contributed by atoms with Crippen molar-refractivity contribution >= 4 is 11.6 Å². The molecule has 72 valence electrons. The molecule has 0 aromatic carbocycles. The zero-order valence-electron chi connectivity index (χ0n) is 8.22. The monoisotopic (exact) mass is 199 g/mol. The molecule has 0 saturated heterocycles. The molecule has 0 N–H and O–H groups in total. The quantitative estimate of drug-likeness (QED) is 0.699. The minimum Gasteiger partial charge on any atom is -0.478 e. The Morgan fingerprint density at radius 3 is 2.69 bits per heavy atom. The molecular weight excluding hydrogens is 186 g/mol. The predicted octanol–water partition coefficient (Wildman–Crippen LogP) is 2.84. The highest BCUT2D eigenvalue weighted by molar-refractivity contribution is 6.17. The van der Waals surface area contributed by atoms with Crippen LogP contribution in [0.1, 0.15) is 23.7 Å². The first kappa shape index (κ1) is 10.3. The molecule has 0 aliphatic carbocycles. The van der Waals surface area contributed by atoms with Gasteiger partial charge in [0, 0.05) is 11.3 Å². The Labute approximate surface area is 83.9 Å². The zero-order chi connectivity index (χ0) is 9.84. The van der Waals surface area contributed by atoms with Gasteiger partial charge in [0.15, 0.2) is 0 Å². The van der Waals surface area contributed by atoms with Gasteiger partial charge in [0.05, 0.1) is 12.5 Å². The second-order valence-corrected chi connectivity index (χ2v) is 3.20.